The summed E-state index contributed by atoms with van der Waals surface area (Å²) in [5.41, 5.74) is 4.54. The fourth-order valence-electron chi connectivity index (χ4n) is 2.37. The largest absolute Gasteiger partial charge is 0.497 e. The molecule has 0 radical (unpaired) electrons. The van der Waals surface area contributed by atoms with Crippen LogP contribution in [0.5, 0.6) is 5.75 Å². The zero-order chi connectivity index (χ0) is 14.8. The molecular formula is C19H18O2. The van der Waals surface area contributed by atoms with Gasteiger partial charge in [-0.2, -0.15) is 0 Å². The molecule has 2 nitrogen and oxygen atoms in total. The molecular weight excluding hydrogens is 260 g/mol. The van der Waals surface area contributed by atoms with Crippen molar-refractivity contribution in [2.75, 3.05) is 7.11 Å². The Morgan fingerprint density at radius 1 is 0.810 bits per heavy atom. The SMILES string of the molecule is COc1ccc(-c2oc(-c3ccc(C)cc3)cc2C)cc1. The molecule has 21 heavy (non-hydrogen) atoms. The highest BCUT2D eigenvalue weighted by atomic mass is 16.5. The van der Waals surface area contributed by atoms with Crippen LogP contribution < -0.4 is 4.74 Å². The number of ether oxygens (including phenoxy) is 1. The Bertz CT molecular complexity index is 734. The molecule has 0 fully saturated rings. The van der Waals surface area contributed by atoms with Crippen molar-refractivity contribution in [3.8, 4) is 28.4 Å². The average Bonchev–Trinajstić information content (AvgIpc) is 2.90. The standard InChI is InChI=1S/C19H18O2/c1-13-4-6-15(7-5-13)18-12-14(2)19(21-18)16-8-10-17(20-3)11-9-16/h4-12H,1-3H3. The van der Waals surface area contributed by atoms with Gasteiger partial charge in [-0.05, 0) is 49.7 Å². The number of benzene rings is 2. The smallest absolute Gasteiger partial charge is 0.137 e. The van der Waals surface area contributed by atoms with Crippen LogP contribution in [-0.4, -0.2) is 7.11 Å². The Labute approximate surface area is 125 Å². The summed E-state index contributed by atoms with van der Waals surface area (Å²) in [4.78, 5) is 0. The molecule has 0 saturated heterocycles. The second-order valence-electron chi connectivity index (χ2n) is 5.22. The van der Waals surface area contributed by atoms with Gasteiger partial charge in [-0.1, -0.05) is 29.8 Å². The van der Waals surface area contributed by atoms with E-state index in [0.717, 1.165) is 34.0 Å². The van der Waals surface area contributed by atoms with Crippen LogP contribution in [0.4, 0.5) is 0 Å². The predicted octanol–water partition coefficient (Wildman–Crippen LogP) is 5.24. The van der Waals surface area contributed by atoms with Gasteiger partial charge in [0.05, 0.1) is 7.11 Å². The summed E-state index contributed by atoms with van der Waals surface area (Å²) in [7, 11) is 1.67. The van der Waals surface area contributed by atoms with Gasteiger partial charge in [-0.25, -0.2) is 0 Å². The van der Waals surface area contributed by atoms with Gasteiger partial charge < -0.3 is 9.15 Å². The van der Waals surface area contributed by atoms with Crippen molar-refractivity contribution < 1.29 is 9.15 Å². The highest BCUT2D eigenvalue weighted by Crippen LogP contribution is 2.33. The highest BCUT2D eigenvalue weighted by molar-refractivity contribution is 5.68. The van der Waals surface area contributed by atoms with Crippen LogP contribution in [0.2, 0.25) is 0 Å². The maximum absolute atomic E-state index is 6.06. The van der Waals surface area contributed by atoms with Gasteiger partial charge in [-0.15, -0.1) is 0 Å². The second-order valence-corrected chi connectivity index (χ2v) is 5.22. The molecule has 1 aromatic heterocycles. The number of methoxy groups -OCH3 is 1. The van der Waals surface area contributed by atoms with Crippen LogP contribution in [0.1, 0.15) is 11.1 Å². The third kappa shape index (κ3) is 2.70. The summed E-state index contributed by atoms with van der Waals surface area (Å²) in [5, 5.41) is 0. The van der Waals surface area contributed by atoms with Crippen LogP contribution in [-0.2, 0) is 0 Å². The van der Waals surface area contributed by atoms with Crippen LogP contribution in [0, 0.1) is 13.8 Å². The Kier molecular flexibility index (Phi) is 3.53. The van der Waals surface area contributed by atoms with Crippen LogP contribution in [0.3, 0.4) is 0 Å². The van der Waals surface area contributed by atoms with Crippen molar-refractivity contribution in [3.05, 3.63) is 65.7 Å². The van der Waals surface area contributed by atoms with E-state index in [1.807, 2.05) is 24.3 Å². The van der Waals surface area contributed by atoms with Gasteiger partial charge in [0.1, 0.15) is 17.3 Å². The maximum atomic E-state index is 6.06. The van der Waals surface area contributed by atoms with Gasteiger partial charge >= 0.3 is 0 Å². The van der Waals surface area contributed by atoms with E-state index in [1.54, 1.807) is 7.11 Å². The van der Waals surface area contributed by atoms with Crippen molar-refractivity contribution in [2.45, 2.75) is 13.8 Å². The first kappa shape index (κ1) is 13.5. The first-order chi connectivity index (χ1) is 10.2. The average molecular weight is 278 g/mol. The van der Waals surface area contributed by atoms with Crippen LogP contribution in [0.15, 0.2) is 59.0 Å². The van der Waals surface area contributed by atoms with E-state index in [0.29, 0.717) is 0 Å². The van der Waals surface area contributed by atoms with E-state index in [9.17, 15) is 0 Å². The van der Waals surface area contributed by atoms with Crippen molar-refractivity contribution in [2.24, 2.45) is 0 Å². The normalized spacial score (nSPS) is 10.6. The third-order valence-electron chi connectivity index (χ3n) is 3.61. The van der Waals surface area contributed by atoms with Crippen LogP contribution >= 0.6 is 0 Å². The third-order valence-corrected chi connectivity index (χ3v) is 3.61. The fraction of sp³-hybridized carbons (Fsp3) is 0.158. The molecule has 0 atom stereocenters. The zero-order valence-electron chi connectivity index (χ0n) is 12.5. The predicted molar refractivity (Wildman–Crippen MR) is 85.6 cm³/mol. The molecule has 0 aliphatic carbocycles. The molecule has 2 heteroatoms. The molecule has 1 heterocycles. The van der Waals surface area contributed by atoms with Gasteiger partial charge in [0, 0.05) is 11.1 Å². The van der Waals surface area contributed by atoms with Crippen molar-refractivity contribution >= 4 is 0 Å². The lowest BCUT2D eigenvalue weighted by molar-refractivity contribution is 0.415. The van der Waals surface area contributed by atoms with E-state index in [-0.39, 0.29) is 0 Å². The van der Waals surface area contributed by atoms with Gasteiger partial charge in [0.2, 0.25) is 0 Å². The minimum atomic E-state index is 0.849. The van der Waals surface area contributed by atoms with E-state index < -0.39 is 0 Å². The molecule has 0 amide bonds. The fourth-order valence-corrected chi connectivity index (χ4v) is 2.37. The lowest BCUT2D eigenvalue weighted by atomic mass is 10.1. The topological polar surface area (TPSA) is 22.4 Å². The van der Waals surface area contributed by atoms with Gasteiger partial charge in [-0.3, -0.25) is 0 Å². The molecule has 0 unspecified atom stereocenters. The van der Waals surface area contributed by atoms with Crippen molar-refractivity contribution in [3.63, 3.8) is 0 Å². The first-order valence-corrected chi connectivity index (χ1v) is 6.99. The lowest BCUT2D eigenvalue weighted by Gasteiger charge is -2.02. The molecule has 2 aromatic carbocycles. The molecule has 106 valence electrons. The minimum Gasteiger partial charge on any atom is -0.497 e. The summed E-state index contributed by atoms with van der Waals surface area (Å²) < 4.78 is 11.2. The van der Waals surface area contributed by atoms with E-state index in [1.165, 1.54) is 5.56 Å². The number of hydrogen-bond donors (Lipinski definition) is 0. The summed E-state index contributed by atoms with van der Waals surface area (Å²) >= 11 is 0. The number of rotatable bonds is 3. The van der Waals surface area contributed by atoms with Crippen LogP contribution in [0.25, 0.3) is 22.6 Å². The Balaban J connectivity index is 1.98. The highest BCUT2D eigenvalue weighted by Gasteiger charge is 2.11. The second kappa shape index (κ2) is 5.49. The lowest BCUT2D eigenvalue weighted by Crippen LogP contribution is -1.82. The molecule has 3 aromatic rings. The summed E-state index contributed by atoms with van der Waals surface area (Å²) in [5.74, 6) is 2.66. The van der Waals surface area contributed by atoms with Crippen molar-refractivity contribution in [1.82, 2.24) is 0 Å². The van der Waals surface area contributed by atoms with E-state index in [2.05, 4.69) is 44.2 Å². The molecule has 0 aliphatic rings. The quantitative estimate of drug-likeness (QED) is 0.653. The molecule has 0 N–H and O–H groups in total. The van der Waals surface area contributed by atoms with E-state index >= 15 is 0 Å². The molecule has 3 rings (SSSR count). The zero-order valence-corrected chi connectivity index (χ0v) is 12.5. The monoisotopic (exact) mass is 278 g/mol. The Morgan fingerprint density at radius 3 is 2.05 bits per heavy atom. The maximum Gasteiger partial charge on any atom is 0.137 e. The van der Waals surface area contributed by atoms with Gasteiger partial charge in [0.25, 0.3) is 0 Å². The Hall–Kier alpha value is -2.48. The first-order valence-electron chi connectivity index (χ1n) is 6.99. The van der Waals surface area contributed by atoms with Gasteiger partial charge in [0.15, 0.2) is 0 Å². The van der Waals surface area contributed by atoms with Crippen molar-refractivity contribution in [1.29, 1.82) is 0 Å². The molecule has 0 saturated carbocycles. The molecule has 0 bridgehead atoms. The summed E-state index contributed by atoms with van der Waals surface area (Å²) in [6.45, 7) is 4.15. The summed E-state index contributed by atoms with van der Waals surface area (Å²) in [6, 6.07) is 18.4. The van der Waals surface area contributed by atoms with E-state index in [4.69, 9.17) is 9.15 Å². The molecule has 0 spiro atoms. The number of furan rings is 1. The number of hydrogen-bond acceptors (Lipinski definition) is 2. The Morgan fingerprint density at radius 2 is 1.43 bits per heavy atom. The number of aryl methyl sites for hydroxylation is 2. The molecule has 0 aliphatic heterocycles. The minimum absolute atomic E-state index is 0.849. The summed E-state index contributed by atoms with van der Waals surface area (Å²) in [6.07, 6.45) is 0.